The molecule has 0 radical (unpaired) electrons. The average molecular weight is 340 g/mol. The van der Waals surface area contributed by atoms with Crippen molar-refractivity contribution < 1.29 is 9.53 Å². The van der Waals surface area contributed by atoms with Crippen molar-refractivity contribution in [1.82, 2.24) is 14.9 Å². The third kappa shape index (κ3) is 4.14. The molecule has 1 aromatic heterocycles. The molecule has 6 heteroatoms. The summed E-state index contributed by atoms with van der Waals surface area (Å²) in [6.45, 7) is 4.31. The fourth-order valence-electron chi connectivity index (χ4n) is 3.19. The van der Waals surface area contributed by atoms with Crippen LogP contribution in [0, 0.1) is 6.92 Å². The summed E-state index contributed by atoms with van der Waals surface area (Å²) in [7, 11) is 0. The quantitative estimate of drug-likeness (QED) is 0.902. The summed E-state index contributed by atoms with van der Waals surface area (Å²) >= 11 is 0. The predicted molar refractivity (Wildman–Crippen MR) is 95.6 cm³/mol. The van der Waals surface area contributed by atoms with Gasteiger partial charge in [-0.25, -0.2) is 9.97 Å². The predicted octanol–water partition coefficient (Wildman–Crippen LogP) is 2.14. The van der Waals surface area contributed by atoms with Crippen molar-refractivity contribution in [2.75, 3.05) is 26.2 Å². The van der Waals surface area contributed by atoms with E-state index in [9.17, 15) is 4.79 Å². The zero-order valence-electron chi connectivity index (χ0n) is 14.5. The lowest BCUT2D eigenvalue weighted by atomic mass is 9.94. The number of nitrogens with two attached hydrogens (primary N) is 1. The van der Waals surface area contributed by atoms with Crippen LogP contribution in [-0.4, -0.2) is 47.0 Å². The van der Waals surface area contributed by atoms with Crippen molar-refractivity contribution >= 4 is 5.91 Å². The van der Waals surface area contributed by atoms with Crippen LogP contribution in [0.5, 0.6) is 5.75 Å². The lowest BCUT2D eigenvalue weighted by Crippen LogP contribution is -2.39. The molecule has 3 rings (SSSR count). The van der Waals surface area contributed by atoms with E-state index in [0.717, 1.165) is 36.4 Å². The molecular formula is C19H24N4O2. The number of rotatable bonds is 5. The van der Waals surface area contributed by atoms with E-state index in [2.05, 4.69) is 9.97 Å². The second kappa shape index (κ2) is 8.07. The molecule has 1 amide bonds. The molecule has 2 heterocycles. The van der Waals surface area contributed by atoms with E-state index >= 15 is 0 Å². The molecule has 25 heavy (non-hydrogen) atoms. The van der Waals surface area contributed by atoms with Crippen molar-refractivity contribution in [2.45, 2.75) is 25.7 Å². The molecule has 1 saturated heterocycles. The molecular weight excluding hydrogens is 316 g/mol. The van der Waals surface area contributed by atoms with Crippen LogP contribution in [0.1, 0.15) is 40.4 Å². The summed E-state index contributed by atoms with van der Waals surface area (Å²) in [4.78, 5) is 23.2. The second-order valence-corrected chi connectivity index (χ2v) is 6.34. The molecule has 6 nitrogen and oxygen atoms in total. The normalized spacial score (nSPS) is 17.4. The van der Waals surface area contributed by atoms with E-state index in [1.165, 1.54) is 0 Å². The SMILES string of the molecule is Cc1ccc(C(=O)N2CCCC(c3ccncn3)C2)cc1OCCN. The number of piperidine rings is 1. The largest absolute Gasteiger partial charge is 0.492 e. The molecule has 1 fully saturated rings. The van der Waals surface area contributed by atoms with Crippen LogP contribution >= 0.6 is 0 Å². The van der Waals surface area contributed by atoms with Gasteiger partial charge in [-0.1, -0.05) is 6.07 Å². The minimum atomic E-state index is 0.0383. The Balaban J connectivity index is 1.74. The molecule has 1 aliphatic heterocycles. The maximum absolute atomic E-state index is 12.9. The van der Waals surface area contributed by atoms with Crippen LogP contribution < -0.4 is 10.5 Å². The maximum Gasteiger partial charge on any atom is 0.254 e. The standard InChI is InChI=1S/C19H24N4O2/c1-14-4-5-15(11-18(14)25-10-7-20)19(24)23-9-2-3-16(12-23)17-6-8-21-13-22-17/h4-6,8,11,13,16H,2-3,7,9-10,12,20H2,1H3. The molecule has 1 unspecified atom stereocenters. The van der Waals surface area contributed by atoms with Gasteiger partial charge in [0.1, 0.15) is 18.7 Å². The van der Waals surface area contributed by atoms with Crippen molar-refractivity contribution in [1.29, 1.82) is 0 Å². The number of aromatic nitrogens is 2. The van der Waals surface area contributed by atoms with E-state index in [1.54, 1.807) is 12.5 Å². The van der Waals surface area contributed by atoms with Gasteiger partial charge in [0, 0.05) is 43.0 Å². The van der Waals surface area contributed by atoms with Gasteiger partial charge in [-0.15, -0.1) is 0 Å². The van der Waals surface area contributed by atoms with E-state index in [4.69, 9.17) is 10.5 Å². The number of carbonyl (C=O) groups is 1. The van der Waals surface area contributed by atoms with E-state index in [-0.39, 0.29) is 11.8 Å². The number of carbonyl (C=O) groups excluding carboxylic acids is 1. The minimum Gasteiger partial charge on any atom is -0.492 e. The van der Waals surface area contributed by atoms with Crippen molar-refractivity contribution in [2.24, 2.45) is 5.73 Å². The summed E-state index contributed by atoms with van der Waals surface area (Å²) in [5.74, 6) is 1.02. The molecule has 1 atom stereocenters. The lowest BCUT2D eigenvalue weighted by molar-refractivity contribution is 0.0705. The van der Waals surface area contributed by atoms with Gasteiger partial charge in [0.05, 0.1) is 0 Å². The van der Waals surface area contributed by atoms with Crippen LogP contribution in [-0.2, 0) is 0 Å². The summed E-state index contributed by atoms with van der Waals surface area (Å²) < 4.78 is 5.64. The summed E-state index contributed by atoms with van der Waals surface area (Å²) in [5, 5.41) is 0. The average Bonchev–Trinajstić information content (AvgIpc) is 2.67. The third-order valence-corrected chi connectivity index (χ3v) is 4.54. The first-order chi connectivity index (χ1) is 12.2. The summed E-state index contributed by atoms with van der Waals surface area (Å²) in [5.41, 5.74) is 8.16. The Labute approximate surface area is 148 Å². The van der Waals surface area contributed by atoms with Crippen molar-refractivity contribution in [3.63, 3.8) is 0 Å². The third-order valence-electron chi connectivity index (χ3n) is 4.54. The van der Waals surface area contributed by atoms with Gasteiger partial charge in [-0.3, -0.25) is 4.79 Å². The topological polar surface area (TPSA) is 81.3 Å². The van der Waals surface area contributed by atoms with E-state index < -0.39 is 0 Å². The van der Waals surface area contributed by atoms with Crippen LogP contribution in [0.25, 0.3) is 0 Å². The van der Waals surface area contributed by atoms with Gasteiger partial charge >= 0.3 is 0 Å². The zero-order valence-corrected chi connectivity index (χ0v) is 14.5. The number of ether oxygens (including phenoxy) is 1. The Morgan fingerprint density at radius 3 is 3.04 bits per heavy atom. The number of hydrogen-bond acceptors (Lipinski definition) is 5. The van der Waals surface area contributed by atoms with Crippen LogP contribution in [0.4, 0.5) is 0 Å². The number of benzene rings is 1. The Morgan fingerprint density at radius 2 is 2.28 bits per heavy atom. The first-order valence-electron chi connectivity index (χ1n) is 8.67. The Bertz CT molecular complexity index is 721. The molecule has 1 aliphatic rings. The Morgan fingerprint density at radius 1 is 1.40 bits per heavy atom. The summed E-state index contributed by atoms with van der Waals surface area (Å²) in [6, 6.07) is 7.54. The van der Waals surface area contributed by atoms with Crippen molar-refractivity contribution in [3.8, 4) is 5.75 Å². The maximum atomic E-state index is 12.9. The van der Waals surface area contributed by atoms with Gasteiger partial charge in [0.15, 0.2) is 0 Å². The first-order valence-corrected chi connectivity index (χ1v) is 8.67. The molecule has 132 valence electrons. The van der Waals surface area contributed by atoms with Gasteiger partial charge in [-0.2, -0.15) is 0 Å². The van der Waals surface area contributed by atoms with Crippen LogP contribution in [0.3, 0.4) is 0 Å². The molecule has 0 bridgehead atoms. The number of hydrogen-bond donors (Lipinski definition) is 1. The van der Waals surface area contributed by atoms with Gasteiger partial charge < -0.3 is 15.4 Å². The van der Waals surface area contributed by atoms with Gasteiger partial charge in [0.25, 0.3) is 5.91 Å². The van der Waals surface area contributed by atoms with Crippen LogP contribution in [0.15, 0.2) is 36.8 Å². The minimum absolute atomic E-state index is 0.0383. The molecule has 2 aromatic rings. The number of likely N-dealkylation sites (tertiary alicyclic amines) is 1. The number of aryl methyl sites for hydroxylation is 1. The first kappa shape index (κ1) is 17.4. The Hall–Kier alpha value is -2.47. The van der Waals surface area contributed by atoms with Crippen LogP contribution in [0.2, 0.25) is 0 Å². The second-order valence-electron chi connectivity index (χ2n) is 6.34. The zero-order chi connectivity index (χ0) is 17.6. The highest BCUT2D eigenvalue weighted by molar-refractivity contribution is 5.94. The molecule has 0 spiro atoms. The molecule has 0 saturated carbocycles. The monoisotopic (exact) mass is 340 g/mol. The number of nitrogens with zero attached hydrogens (tertiary/aromatic N) is 3. The van der Waals surface area contributed by atoms with Gasteiger partial charge in [-0.05, 0) is 43.5 Å². The highest BCUT2D eigenvalue weighted by Gasteiger charge is 2.26. The molecule has 1 aromatic carbocycles. The van der Waals surface area contributed by atoms with E-state index in [0.29, 0.717) is 25.3 Å². The fourth-order valence-corrected chi connectivity index (χ4v) is 3.19. The van der Waals surface area contributed by atoms with Crippen molar-refractivity contribution in [3.05, 3.63) is 53.6 Å². The fraction of sp³-hybridized carbons (Fsp3) is 0.421. The molecule has 2 N–H and O–H groups in total. The smallest absolute Gasteiger partial charge is 0.254 e. The summed E-state index contributed by atoms with van der Waals surface area (Å²) in [6.07, 6.45) is 5.34. The highest BCUT2D eigenvalue weighted by atomic mass is 16.5. The number of amides is 1. The molecule has 0 aliphatic carbocycles. The van der Waals surface area contributed by atoms with Gasteiger partial charge in [0.2, 0.25) is 0 Å². The highest BCUT2D eigenvalue weighted by Crippen LogP contribution is 2.27. The van der Waals surface area contributed by atoms with E-state index in [1.807, 2.05) is 36.1 Å². The Kier molecular flexibility index (Phi) is 5.60. The lowest BCUT2D eigenvalue weighted by Gasteiger charge is -2.32.